The molecule has 0 radical (unpaired) electrons. The molecule has 0 aliphatic heterocycles. The summed E-state index contributed by atoms with van der Waals surface area (Å²) in [6.07, 6.45) is 0. The fourth-order valence-electron chi connectivity index (χ4n) is 2.67. The molecular weight excluding hydrogens is 471 g/mol. The van der Waals surface area contributed by atoms with E-state index >= 15 is 0 Å². The molecule has 0 N–H and O–H groups in total. The second-order valence-electron chi connectivity index (χ2n) is 5.55. The van der Waals surface area contributed by atoms with Crippen LogP contribution in [0.15, 0.2) is 46.9 Å². The van der Waals surface area contributed by atoms with Gasteiger partial charge in [0.2, 0.25) is 0 Å². The van der Waals surface area contributed by atoms with Gasteiger partial charge in [-0.2, -0.15) is 5.10 Å². The molecule has 1 aromatic heterocycles. The van der Waals surface area contributed by atoms with Crippen molar-refractivity contribution in [2.75, 3.05) is 14.2 Å². The highest BCUT2D eigenvalue weighted by atomic mass is 79.9. The molecule has 0 unspecified atom stereocenters. The molecule has 3 aromatic rings. The highest BCUT2D eigenvalue weighted by Crippen LogP contribution is 2.39. The molecule has 3 rings (SSSR count). The number of ether oxygens (including phenoxy) is 2. The Morgan fingerprint density at radius 1 is 1.04 bits per heavy atom. The van der Waals surface area contributed by atoms with Crippen LogP contribution in [0.4, 0.5) is 0 Å². The van der Waals surface area contributed by atoms with E-state index in [4.69, 9.17) is 32.7 Å². The van der Waals surface area contributed by atoms with Gasteiger partial charge >= 0.3 is 11.9 Å². The number of rotatable bonds is 4. The molecule has 0 aliphatic carbocycles. The van der Waals surface area contributed by atoms with Gasteiger partial charge in [0.05, 0.1) is 24.9 Å². The van der Waals surface area contributed by atoms with Gasteiger partial charge in [-0.15, -0.1) is 0 Å². The van der Waals surface area contributed by atoms with Gasteiger partial charge in [0.15, 0.2) is 5.69 Å². The van der Waals surface area contributed by atoms with E-state index in [0.717, 1.165) is 0 Å². The lowest BCUT2D eigenvalue weighted by Crippen LogP contribution is -2.15. The summed E-state index contributed by atoms with van der Waals surface area (Å²) >= 11 is 15.9. The largest absolute Gasteiger partial charge is 0.465 e. The zero-order chi connectivity index (χ0) is 20.4. The van der Waals surface area contributed by atoms with Crippen LogP contribution in [0.3, 0.4) is 0 Å². The number of hydrogen-bond donors (Lipinski definition) is 0. The van der Waals surface area contributed by atoms with E-state index in [1.54, 1.807) is 36.4 Å². The molecule has 0 saturated heterocycles. The van der Waals surface area contributed by atoms with Gasteiger partial charge in [0.25, 0.3) is 0 Å². The Labute approximate surface area is 179 Å². The summed E-state index contributed by atoms with van der Waals surface area (Å²) in [5.74, 6) is -1.51. The van der Waals surface area contributed by atoms with E-state index in [0.29, 0.717) is 20.7 Å². The van der Waals surface area contributed by atoms with Crippen LogP contribution in [-0.2, 0) is 9.47 Å². The number of hydrogen-bond acceptors (Lipinski definition) is 5. The number of nitrogens with zero attached hydrogens (tertiary/aromatic N) is 2. The molecule has 2 aromatic carbocycles. The Kier molecular flexibility index (Phi) is 6.07. The number of benzene rings is 2. The minimum absolute atomic E-state index is 0.0748. The third-order valence-corrected chi connectivity index (χ3v) is 5.38. The zero-order valence-corrected chi connectivity index (χ0v) is 17.8. The van der Waals surface area contributed by atoms with Gasteiger partial charge in [0.1, 0.15) is 11.3 Å². The Bertz CT molecular complexity index is 1070. The maximum absolute atomic E-state index is 12.6. The second kappa shape index (κ2) is 8.34. The van der Waals surface area contributed by atoms with E-state index in [9.17, 15) is 9.59 Å². The Morgan fingerprint density at radius 3 is 2.29 bits per heavy atom. The van der Waals surface area contributed by atoms with Crippen LogP contribution in [0, 0.1) is 0 Å². The van der Waals surface area contributed by atoms with Crippen LogP contribution < -0.4 is 0 Å². The number of carbonyl (C=O) groups excluding carboxylic acids is 2. The molecule has 0 atom stereocenters. The summed E-state index contributed by atoms with van der Waals surface area (Å²) in [6, 6.07) is 12.0. The lowest BCUT2D eigenvalue weighted by molar-refractivity contribution is 0.0549. The Hall–Kier alpha value is -2.35. The Balaban J connectivity index is 2.43. The molecule has 0 amide bonds. The molecule has 6 nitrogen and oxygen atoms in total. The first-order chi connectivity index (χ1) is 13.4. The average Bonchev–Trinajstić information content (AvgIpc) is 3.10. The van der Waals surface area contributed by atoms with Gasteiger partial charge in [-0.1, -0.05) is 41.4 Å². The highest BCUT2D eigenvalue weighted by molar-refractivity contribution is 9.10. The molecule has 28 heavy (non-hydrogen) atoms. The lowest BCUT2D eigenvalue weighted by atomic mass is 10.1. The van der Waals surface area contributed by atoms with Gasteiger partial charge in [-0.25, -0.2) is 14.3 Å². The van der Waals surface area contributed by atoms with Crippen LogP contribution in [0.2, 0.25) is 10.0 Å². The van der Waals surface area contributed by atoms with Gasteiger partial charge in [-0.05, 0) is 40.2 Å². The summed E-state index contributed by atoms with van der Waals surface area (Å²) in [5.41, 5.74) is 0.902. The number of carbonyl (C=O) groups is 2. The van der Waals surface area contributed by atoms with Crippen molar-refractivity contribution in [3.63, 3.8) is 0 Å². The summed E-state index contributed by atoms with van der Waals surface area (Å²) in [6.45, 7) is 0. The number of methoxy groups -OCH3 is 2. The smallest absolute Gasteiger partial charge is 0.357 e. The zero-order valence-electron chi connectivity index (χ0n) is 14.7. The van der Waals surface area contributed by atoms with Gasteiger partial charge in [-0.3, -0.25) is 0 Å². The van der Waals surface area contributed by atoms with E-state index in [2.05, 4.69) is 21.0 Å². The van der Waals surface area contributed by atoms with E-state index in [1.165, 1.54) is 18.9 Å². The average molecular weight is 484 g/mol. The molecule has 0 fully saturated rings. The molecular formula is C19H13BrCl2N2O4. The molecule has 0 saturated carbocycles. The van der Waals surface area contributed by atoms with Gasteiger partial charge < -0.3 is 9.47 Å². The van der Waals surface area contributed by atoms with Crippen molar-refractivity contribution in [3.8, 4) is 16.9 Å². The highest BCUT2D eigenvalue weighted by Gasteiger charge is 2.32. The summed E-state index contributed by atoms with van der Waals surface area (Å²) in [5, 5.41) is 5.14. The van der Waals surface area contributed by atoms with Gasteiger partial charge in [0, 0.05) is 15.1 Å². The maximum atomic E-state index is 12.6. The van der Waals surface area contributed by atoms with Crippen molar-refractivity contribution in [1.82, 2.24) is 9.78 Å². The van der Waals surface area contributed by atoms with Crippen LogP contribution in [0.25, 0.3) is 16.9 Å². The van der Waals surface area contributed by atoms with Crippen molar-refractivity contribution in [3.05, 3.63) is 68.2 Å². The predicted octanol–water partition coefficient (Wildman–Crippen LogP) is 5.18. The fourth-order valence-corrected chi connectivity index (χ4v) is 3.68. The number of para-hydroxylation sites is 1. The fraction of sp³-hybridized carbons (Fsp3) is 0.105. The third kappa shape index (κ3) is 3.65. The first-order valence-electron chi connectivity index (χ1n) is 7.89. The minimum Gasteiger partial charge on any atom is -0.465 e. The van der Waals surface area contributed by atoms with Crippen LogP contribution in [-0.4, -0.2) is 35.9 Å². The maximum Gasteiger partial charge on any atom is 0.357 e. The predicted molar refractivity (Wildman–Crippen MR) is 109 cm³/mol. The molecule has 0 bridgehead atoms. The van der Waals surface area contributed by atoms with E-state index in [1.807, 2.05) is 6.07 Å². The second-order valence-corrected chi connectivity index (χ2v) is 7.22. The van der Waals surface area contributed by atoms with Crippen LogP contribution in [0.5, 0.6) is 0 Å². The molecule has 0 spiro atoms. The van der Waals surface area contributed by atoms with Crippen molar-refractivity contribution >= 4 is 51.1 Å². The summed E-state index contributed by atoms with van der Waals surface area (Å²) in [4.78, 5) is 25.2. The Morgan fingerprint density at radius 2 is 1.68 bits per heavy atom. The van der Waals surface area contributed by atoms with Crippen LogP contribution >= 0.6 is 39.1 Å². The summed E-state index contributed by atoms with van der Waals surface area (Å²) in [7, 11) is 2.43. The van der Waals surface area contributed by atoms with Crippen LogP contribution in [0.1, 0.15) is 20.8 Å². The number of halogens is 3. The quantitative estimate of drug-likeness (QED) is 0.377. The minimum atomic E-state index is -0.759. The van der Waals surface area contributed by atoms with Crippen molar-refractivity contribution in [2.24, 2.45) is 0 Å². The van der Waals surface area contributed by atoms with Crippen molar-refractivity contribution < 1.29 is 19.1 Å². The first-order valence-corrected chi connectivity index (χ1v) is 9.44. The first kappa shape index (κ1) is 20.4. The standard InChI is InChI=1S/C19H13BrCl2N2O4/c1-27-18(25)14-16(12-8-10(21)9-13(20)15(12)22)23-24(17(14)19(26)28-2)11-6-4-3-5-7-11/h3-9H,1-2H3. The lowest BCUT2D eigenvalue weighted by Gasteiger charge is -2.07. The monoisotopic (exact) mass is 482 g/mol. The van der Waals surface area contributed by atoms with E-state index < -0.39 is 11.9 Å². The molecule has 9 heteroatoms. The SMILES string of the molecule is COC(=O)c1c(-c2cc(Cl)cc(Br)c2Cl)nn(-c2ccccc2)c1C(=O)OC. The third-order valence-electron chi connectivity index (χ3n) is 3.90. The molecule has 0 aliphatic rings. The normalized spacial score (nSPS) is 10.6. The van der Waals surface area contributed by atoms with Crippen molar-refractivity contribution in [1.29, 1.82) is 0 Å². The molecule has 144 valence electrons. The molecule has 1 heterocycles. The number of esters is 2. The number of aromatic nitrogens is 2. The topological polar surface area (TPSA) is 70.4 Å². The summed E-state index contributed by atoms with van der Waals surface area (Å²) < 4.78 is 11.6. The van der Waals surface area contributed by atoms with Crippen molar-refractivity contribution in [2.45, 2.75) is 0 Å². The van der Waals surface area contributed by atoms with E-state index in [-0.39, 0.29) is 22.0 Å².